The Bertz CT molecular complexity index is 1460. The van der Waals surface area contributed by atoms with Gasteiger partial charge in [-0.2, -0.15) is 0 Å². The average molecular weight is 539 g/mol. The van der Waals surface area contributed by atoms with Crippen molar-refractivity contribution < 1.29 is 27.9 Å². The smallest absolute Gasteiger partial charge is 0.296 e. The molecular formula is C27H30N4O6S. The molecule has 2 aliphatic rings. The second-order valence-electron chi connectivity index (χ2n) is 9.56. The molecule has 1 saturated heterocycles. The first kappa shape index (κ1) is 27.2. The van der Waals surface area contributed by atoms with Crippen molar-refractivity contribution >= 4 is 39.1 Å². The van der Waals surface area contributed by atoms with Gasteiger partial charge in [-0.1, -0.05) is 24.3 Å². The van der Waals surface area contributed by atoms with Gasteiger partial charge in [-0.05, 0) is 44.4 Å². The Labute approximate surface area is 222 Å². The number of anilines is 1. The second kappa shape index (κ2) is 9.82. The van der Waals surface area contributed by atoms with Crippen molar-refractivity contribution in [3.05, 3.63) is 77.9 Å². The highest BCUT2D eigenvalue weighted by atomic mass is 32.2. The van der Waals surface area contributed by atoms with Gasteiger partial charge in [0.15, 0.2) is 5.54 Å². The molecule has 10 nitrogen and oxygen atoms in total. The summed E-state index contributed by atoms with van der Waals surface area (Å²) in [4.78, 5) is 45.7. The molecule has 2 amide bonds. The van der Waals surface area contributed by atoms with Gasteiger partial charge in [0.25, 0.3) is 17.6 Å². The molecule has 1 fully saturated rings. The molecule has 1 unspecified atom stereocenters. The van der Waals surface area contributed by atoms with Gasteiger partial charge < -0.3 is 19.8 Å². The fourth-order valence-electron chi connectivity index (χ4n) is 4.92. The first-order valence-corrected chi connectivity index (χ1v) is 13.3. The predicted octanol–water partition coefficient (Wildman–Crippen LogP) is 1.61. The SMILES string of the molecule is C=CCN1C(=O)C2(/C(=C(/O)c3ccc(S(=O)(=O)N(C)C)cc3)C(=O)C(=O)N2CCN(C)C)c2ccccc21. The number of Topliss-reactive ketones (excluding diaryl/α,β-unsaturated/α-hetero) is 1. The molecule has 2 heterocycles. The third kappa shape index (κ3) is 3.94. The van der Waals surface area contributed by atoms with Crippen LogP contribution in [0.25, 0.3) is 5.76 Å². The lowest BCUT2D eigenvalue weighted by Gasteiger charge is -2.35. The molecule has 11 heteroatoms. The Morgan fingerprint density at radius 1 is 1.03 bits per heavy atom. The number of fused-ring (bicyclic) bond motifs is 2. The molecule has 2 aliphatic heterocycles. The quantitative estimate of drug-likeness (QED) is 0.235. The highest BCUT2D eigenvalue weighted by Crippen LogP contribution is 2.53. The van der Waals surface area contributed by atoms with Crippen LogP contribution in [0.4, 0.5) is 5.69 Å². The van der Waals surface area contributed by atoms with E-state index in [9.17, 15) is 27.9 Å². The average Bonchev–Trinajstić information content (AvgIpc) is 3.25. The maximum atomic E-state index is 14.2. The lowest BCUT2D eigenvalue weighted by atomic mass is 9.82. The van der Waals surface area contributed by atoms with Gasteiger partial charge >= 0.3 is 0 Å². The van der Waals surface area contributed by atoms with Crippen molar-refractivity contribution in [3.63, 3.8) is 0 Å². The zero-order chi connectivity index (χ0) is 28.0. The Hall–Kier alpha value is -3.80. The fraction of sp³-hybridized carbons (Fsp3) is 0.296. The van der Waals surface area contributed by atoms with Crippen LogP contribution in [-0.2, 0) is 29.9 Å². The molecule has 0 radical (unpaired) electrons. The summed E-state index contributed by atoms with van der Waals surface area (Å²) < 4.78 is 26.1. The van der Waals surface area contributed by atoms with Gasteiger partial charge in [0.2, 0.25) is 10.0 Å². The number of amides is 2. The lowest BCUT2D eigenvalue weighted by molar-refractivity contribution is -0.143. The number of aliphatic hydroxyl groups is 1. The molecule has 200 valence electrons. The molecule has 0 aromatic heterocycles. The Kier molecular flexibility index (Phi) is 7.04. The van der Waals surface area contributed by atoms with E-state index in [-0.39, 0.29) is 29.1 Å². The Morgan fingerprint density at radius 2 is 1.66 bits per heavy atom. The van der Waals surface area contributed by atoms with Crippen molar-refractivity contribution in [2.45, 2.75) is 10.4 Å². The number of aliphatic hydroxyl groups excluding tert-OH is 1. The number of hydrogen-bond donors (Lipinski definition) is 1. The number of hydrogen-bond acceptors (Lipinski definition) is 7. The Morgan fingerprint density at radius 3 is 2.24 bits per heavy atom. The van der Waals surface area contributed by atoms with Crippen molar-refractivity contribution in [3.8, 4) is 0 Å². The number of nitrogens with zero attached hydrogens (tertiary/aromatic N) is 4. The van der Waals surface area contributed by atoms with Crippen LogP contribution < -0.4 is 4.90 Å². The first-order chi connectivity index (χ1) is 17.9. The van der Waals surface area contributed by atoms with Crippen LogP contribution in [-0.4, -0.2) is 93.1 Å². The topological polar surface area (TPSA) is 119 Å². The maximum absolute atomic E-state index is 14.2. The van der Waals surface area contributed by atoms with Crippen molar-refractivity contribution in [1.82, 2.24) is 14.1 Å². The highest BCUT2D eigenvalue weighted by Gasteiger charge is 2.66. The molecular weight excluding hydrogens is 508 g/mol. The van der Waals surface area contributed by atoms with Gasteiger partial charge in [0.1, 0.15) is 5.76 Å². The van der Waals surface area contributed by atoms with Crippen LogP contribution in [0.3, 0.4) is 0 Å². The van der Waals surface area contributed by atoms with Crippen molar-refractivity contribution in [1.29, 1.82) is 0 Å². The minimum atomic E-state index is -3.74. The summed E-state index contributed by atoms with van der Waals surface area (Å²) in [5, 5.41) is 11.5. The van der Waals surface area contributed by atoms with E-state index in [1.165, 1.54) is 48.2 Å². The van der Waals surface area contributed by atoms with E-state index in [2.05, 4.69) is 6.58 Å². The normalized spacial score (nSPS) is 20.7. The predicted molar refractivity (Wildman–Crippen MR) is 143 cm³/mol. The fourth-order valence-corrected chi connectivity index (χ4v) is 5.82. The second-order valence-corrected chi connectivity index (χ2v) is 11.7. The molecule has 2 aromatic carbocycles. The van der Waals surface area contributed by atoms with Crippen LogP contribution in [0.15, 0.2) is 71.7 Å². The molecule has 1 spiro atoms. The molecule has 2 aromatic rings. The zero-order valence-corrected chi connectivity index (χ0v) is 22.5. The molecule has 0 saturated carbocycles. The van der Waals surface area contributed by atoms with Crippen molar-refractivity contribution in [2.24, 2.45) is 0 Å². The van der Waals surface area contributed by atoms with Crippen LogP contribution in [0.2, 0.25) is 0 Å². The van der Waals surface area contributed by atoms with E-state index < -0.39 is 38.9 Å². The maximum Gasteiger partial charge on any atom is 0.296 e. The number of carbonyl (C=O) groups is 3. The number of rotatable bonds is 8. The number of benzene rings is 2. The molecule has 0 aliphatic carbocycles. The summed E-state index contributed by atoms with van der Waals surface area (Å²) in [5.41, 5.74) is -1.23. The van der Waals surface area contributed by atoms with Gasteiger partial charge in [0.05, 0.1) is 16.2 Å². The van der Waals surface area contributed by atoms with E-state index in [4.69, 9.17) is 0 Å². The van der Waals surface area contributed by atoms with Gasteiger partial charge in [-0.3, -0.25) is 14.4 Å². The number of carbonyl (C=O) groups excluding carboxylic acids is 3. The number of sulfonamides is 1. The lowest BCUT2D eigenvalue weighted by Crippen LogP contribution is -2.53. The van der Waals surface area contributed by atoms with Gasteiger partial charge in [-0.15, -0.1) is 6.58 Å². The van der Waals surface area contributed by atoms with E-state index in [1.807, 2.05) is 4.90 Å². The molecule has 1 atom stereocenters. The Balaban J connectivity index is 1.99. The molecule has 1 N–H and O–H groups in total. The molecule has 4 rings (SSSR count). The van der Waals surface area contributed by atoms with Crippen LogP contribution >= 0.6 is 0 Å². The number of ketones is 1. The van der Waals surface area contributed by atoms with Crippen LogP contribution in [0.1, 0.15) is 11.1 Å². The molecule has 0 bridgehead atoms. The molecule has 38 heavy (non-hydrogen) atoms. The minimum Gasteiger partial charge on any atom is -0.507 e. The van der Waals surface area contributed by atoms with E-state index >= 15 is 0 Å². The third-order valence-corrected chi connectivity index (χ3v) is 8.63. The van der Waals surface area contributed by atoms with Crippen LogP contribution in [0, 0.1) is 0 Å². The number of likely N-dealkylation sites (N-methyl/N-ethyl adjacent to an activating group) is 1. The van der Waals surface area contributed by atoms with E-state index in [0.29, 0.717) is 17.8 Å². The summed E-state index contributed by atoms with van der Waals surface area (Å²) in [5.74, 6) is -3.00. The van der Waals surface area contributed by atoms with Gasteiger partial charge in [-0.25, -0.2) is 12.7 Å². The summed E-state index contributed by atoms with van der Waals surface area (Å²) in [6.45, 7) is 4.28. The van der Waals surface area contributed by atoms with Crippen LogP contribution in [0.5, 0.6) is 0 Å². The van der Waals surface area contributed by atoms with Gasteiger partial charge in [0, 0.05) is 44.9 Å². The summed E-state index contributed by atoms with van der Waals surface area (Å²) in [6.07, 6.45) is 1.55. The zero-order valence-electron chi connectivity index (χ0n) is 21.7. The monoisotopic (exact) mass is 538 g/mol. The van der Waals surface area contributed by atoms with Crippen molar-refractivity contribution in [2.75, 3.05) is 52.7 Å². The highest BCUT2D eigenvalue weighted by molar-refractivity contribution is 7.89. The number of likely N-dealkylation sites (tertiary alicyclic amines) is 1. The largest absolute Gasteiger partial charge is 0.507 e. The summed E-state index contributed by atoms with van der Waals surface area (Å²) in [6, 6.07) is 12.1. The summed E-state index contributed by atoms with van der Waals surface area (Å²) >= 11 is 0. The van der Waals surface area contributed by atoms with E-state index in [0.717, 1.165) is 4.31 Å². The summed E-state index contributed by atoms with van der Waals surface area (Å²) in [7, 11) is 2.68. The third-order valence-electron chi connectivity index (χ3n) is 6.80. The number of para-hydroxylation sites is 1. The van der Waals surface area contributed by atoms with E-state index in [1.54, 1.807) is 44.4 Å². The minimum absolute atomic E-state index is 0.0142. The first-order valence-electron chi connectivity index (χ1n) is 11.9. The standard InChI is InChI=1S/C27H30N4O6S/c1-6-15-30-21-10-8-7-9-20(21)27(26(30)35)22(24(33)25(34)31(27)17-16-28(2)3)23(32)18-11-13-19(14-12-18)38(36,37)29(4)5/h6-14,32H,1,15-17H2,2-5H3/b23-22+.